The first-order chi connectivity index (χ1) is 13.9. The number of hydrogen-bond acceptors (Lipinski definition) is 3. The zero-order chi connectivity index (χ0) is 20.2. The number of aromatic nitrogens is 2. The van der Waals surface area contributed by atoms with Gasteiger partial charge < -0.3 is 5.32 Å². The van der Waals surface area contributed by atoms with Crippen molar-refractivity contribution >= 4 is 11.6 Å². The van der Waals surface area contributed by atoms with Gasteiger partial charge in [0.25, 0.3) is 0 Å². The summed E-state index contributed by atoms with van der Waals surface area (Å²) in [6.07, 6.45) is 1.44. The molecule has 1 aliphatic heterocycles. The molecule has 0 fully saturated rings. The molecule has 1 aromatic heterocycles. The summed E-state index contributed by atoms with van der Waals surface area (Å²) >= 11 is 0. The van der Waals surface area contributed by atoms with E-state index in [0.29, 0.717) is 6.42 Å². The zero-order valence-electron chi connectivity index (χ0n) is 17.1. The molecule has 0 saturated heterocycles. The van der Waals surface area contributed by atoms with Crippen LogP contribution in [0.4, 0.5) is 5.82 Å². The highest BCUT2D eigenvalue weighted by Gasteiger charge is 2.42. The van der Waals surface area contributed by atoms with Gasteiger partial charge in [0.15, 0.2) is 5.78 Å². The average Bonchev–Trinajstić information content (AvgIpc) is 3.03. The molecule has 0 amide bonds. The molecule has 4 heteroatoms. The highest BCUT2D eigenvalue weighted by Crippen LogP contribution is 2.50. The summed E-state index contributed by atoms with van der Waals surface area (Å²) in [5, 5.41) is 8.51. The van der Waals surface area contributed by atoms with Crippen LogP contribution in [0.25, 0.3) is 5.69 Å². The number of rotatable bonds is 2. The second-order valence-corrected chi connectivity index (χ2v) is 8.90. The van der Waals surface area contributed by atoms with E-state index in [4.69, 9.17) is 5.10 Å². The SMILES string of the molecule is Cc1nn(-c2ccccc2)c2c1[C@H](c1ccccc1)C1=C(CC(C)(C)CC1=O)N2. The lowest BCUT2D eigenvalue weighted by Crippen LogP contribution is -2.34. The number of carbonyl (C=O) groups excluding carboxylic acids is 1. The van der Waals surface area contributed by atoms with E-state index in [-0.39, 0.29) is 17.1 Å². The van der Waals surface area contributed by atoms with Crippen LogP contribution in [-0.2, 0) is 4.79 Å². The lowest BCUT2D eigenvalue weighted by atomic mass is 9.69. The van der Waals surface area contributed by atoms with Crippen molar-refractivity contribution in [3.8, 4) is 5.69 Å². The number of para-hydroxylation sites is 1. The van der Waals surface area contributed by atoms with Crippen molar-refractivity contribution in [1.29, 1.82) is 0 Å². The number of carbonyl (C=O) groups is 1. The topological polar surface area (TPSA) is 46.9 Å². The molecule has 146 valence electrons. The van der Waals surface area contributed by atoms with E-state index in [9.17, 15) is 4.79 Å². The molecule has 29 heavy (non-hydrogen) atoms. The van der Waals surface area contributed by atoms with Gasteiger partial charge in [0, 0.05) is 29.2 Å². The van der Waals surface area contributed by atoms with E-state index >= 15 is 0 Å². The minimum Gasteiger partial charge on any atom is -0.343 e. The number of aryl methyl sites for hydroxylation is 1. The Balaban J connectivity index is 1.76. The molecule has 3 aromatic rings. The summed E-state index contributed by atoms with van der Waals surface area (Å²) in [6, 6.07) is 20.5. The maximum Gasteiger partial charge on any atom is 0.162 e. The monoisotopic (exact) mass is 383 g/mol. The number of allylic oxidation sites excluding steroid dienone is 2. The average molecular weight is 383 g/mol. The van der Waals surface area contributed by atoms with Crippen molar-refractivity contribution in [2.24, 2.45) is 5.41 Å². The van der Waals surface area contributed by atoms with E-state index in [1.54, 1.807) is 0 Å². The summed E-state index contributed by atoms with van der Waals surface area (Å²) in [7, 11) is 0. The number of fused-ring (bicyclic) bond motifs is 1. The fraction of sp³-hybridized carbons (Fsp3) is 0.280. The number of benzene rings is 2. The third kappa shape index (κ3) is 2.91. The standard InChI is InChI=1S/C25H25N3O/c1-16-21-22(17-10-6-4-7-11-17)23-19(14-25(2,3)15-20(23)29)26-24(21)28(27-16)18-12-8-5-9-13-18/h4-13,22,26H,14-15H2,1-3H3/t22-/m0/s1. The van der Waals surface area contributed by atoms with Crippen molar-refractivity contribution in [2.45, 2.75) is 39.5 Å². The van der Waals surface area contributed by atoms with Gasteiger partial charge in [-0.05, 0) is 36.5 Å². The van der Waals surface area contributed by atoms with Crippen LogP contribution in [0.15, 0.2) is 71.9 Å². The molecule has 2 heterocycles. The molecular weight excluding hydrogens is 358 g/mol. The summed E-state index contributed by atoms with van der Waals surface area (Å²) in [5.74, 6) is 1.14. The Bertz CT molecular complexity index is 1120. The van der Waals surface area contributed by atoms with E-state index in [0.717, 1.165) is 46.0 Å². The fourth-order valence-corrected chi connectivity index (χ4v) is 4.81. The molecular formula is C25H25N3O. The van der Waals surface area contributed by atoms with Crippen molar-refractivity contribution in [3.05, 3.63) is 88.8 Å². The highest BCUT2D eigenvalue weighted by atomic mass is 16.1. The Morgan fingerprint density at radius 2 is 1.66 bits per heavy atom. The minimum atomic E-state index is -0.0801. The van der Waals surface area contributed by atoms with Crippen molar-refractivity contribution in [1.82, 2.24) is 9.78 Å². The van der Waals surface area contributed by atoms with E-state index in [1.165, 1.54) is 0 Å². The molecule has 5 rings (SSSR count). The van der Waals surface area contributed by atoms with Crippen LogP contribution in [0.2, 0.25) is 0 Å². The van der Waals surface area contributed by atoms with Gasteiger partial charge in [-0.15, -0.1) is 0 Å². The lowest BCUT2D eigenvalue weighted by molar-refractivity contribution is -0.118. The Kier molecular flexibility index (Phi) is 3.98. The Labute approximate surface area is 171 Å². The lowest BCUT2D eigenvalue weighted by Gasteiger charge is -2.38. The molecule has 1 aliphatic carbocycles. The van der Waals surface area contributed by atoms with Crippen LogP contribution in [0.1, 0.15) is 49.4 Å². The maximum absolute atomic E-state index is 13.3. The van der Waals surface area contributed by atoms with E-state index < -0.39 is 0 Å². The predicted molar refractivity (Wildman–Crippen MR) is 115 cm³/mol. The third-order valence-electron chi connectivity index (χ3n) is 6.01. The molecule has 0 bridgehead atoms. The molecule has 0 unspecified atom stereocenters. The van der Waals surface area contributed by atoms with Gasteiger partial charge in [-0.3, -0.25) is 4.79 Å². The zero-order valence-corrected chi connectivity index (χ0v) is 17.1. The molecule has 2 aromatic carbocycles. The summed E-state index contributed by atoms with van der Waals surface area (Å²) in [6.45, 7) is 6.38. The Hall–Kier alpha value is -3.14. The third-order valence-corrected chi connectivity index (χ3v) is 6.01. The second kappa shape index (κ2) is 6.45. The maximum atomic E-state index is 13.3. The summed E-state index contributed by atoms with van der Waals surface area (Å²) < 4.78 is 1.98. The number of nitrogens with zero attached hydrogens (tertiary/aromatic N) is 2. The van der Waals surface area contributed by atoms with Crippen molar-refractivity contribution in [2.75, 3.05) is 5.32 Å². The first kappa shape index (κ1) is 17.9. The number of anilines is 1. The largest absolute Gasteiger partial charge is 0.343 e. The molecule has 1 atom stereocenters. The Morgan fingerprint density at radius 3 is 2.34 bits per heavy atom. The second-order valence-electron chi connectivity index (χ2n) is 8.90. The van der Waals surface area contributed by atoms with Crippen LogP contribution in [-0.4, -0.2) is 15.6 Å². The van der Waals surface area contributed by atoms with Gasteiger partial charge in [0.1, 0.15) is 5.82 Å². The van der Waals surface area contributed by atoms with E-state index in [2.05, 4.69) is 43.4 Å². The molecule has 1 N–H and O–H groups in total. The van der Waals surface area contributed by atoms with Crippen molar-refractivity contribution < 1.29 is 4.79 Å². The summed E-state index contributed by atoms with van der Waals surface area (Å²) in [4.78, 5) is 13.3. The number of nitrogens with one attached hydrogen (secondary N) is 1. The smallest absolute Gasteiger partial charge is 0.162 e. The molecule has 2 aliphatic rings. The van der Waals surface area contributed by atoms with Gasteiger partial charge in [0.2, 0.25) is 0 Å². The first-order valence-corrected chi connectivity index (χ1v) is 10.2. The van der Waals surface area contributed by atoms with Gasteiger partial charge in [-0.25, -0.2) is 4.68 Å². The number of Topliss-reactive ketones (excluding diaryl/α,β-unsaturated/α-hetero) is 1. The number of ketones is 1. The van der Waals surface area contributed by atoms with Crippen molar-refractivity contribution in [3.63, 3.8) is 0 Å². The van der Waals surface area contributed by atoms with Gasteiger partial charge >= 0.3 is 0 Å². The van der Waals surface area contributed by atoms with Crippen LogP contribution < -0.4 is 5.32 Å². The summed E-state index contributed by atoms with van der Waals surface area (Å²) in [5.41, 5.74) is 6.13. The minimum absolute atomic E-state index is 0.0473. The van der Waals surface area contributed by atoms with Crippen LogP contribution >= 0.6 is 0 Å². The predicted octanol–water partition coefficient (Wildman–Crippen LogP) is 5.38. The molecule has 0 spiro atoms. The fourth-order valence-electron chi connectivity index (χ4n) is 4.81. The first-order valence-electron chi connectivity index (χ1n) is 10.2. The molecule has 4 nitrogen and oxygen atoms in total. The quantitative estimate of drug-likeness (QED) is 0.646. The van der Waals surface area contributed by atoms with Crippen LogP contribution in [0.5, 0.6) is 0 Å². The van der Waals surface area contributed by atoms with Crippen LogP contribution in [0, 0.1) is 12.3 Å². The highest BCUT2D eigenvalue weighted by molar-refractivity contribution is 6.01. The van der Waals surface area contributed by atoms with Crippen LogP contribution in [0.3, 0.4) is 0 Å². The number of hydrogen-bond donors (Lipinski definition) is 1. The van der Waals surface area contributed by atoms with Gasteiger partial charge in [-0.1, -0.05) is 62.4 Å². The molecule has 0 saturated carbocycles. The van der Waals surface area contributed by atoms with Gasteiger partial charge in [-0.2, -0.15) is 5.10 Å². The molecule has 0 radical (unpaired) electrons. The van der Waals surface area contributed by atoms with Gasteiger partial charge in [0.05, 0.1) is 11.4 Å². The normalized spacial score (nSPS) is 20.1. The Morgan fingerprint density at radius 1 is 1.00 bits per heavy atom. The van der Waals surface area contributed by atoms with E-state index in [1.807, 2.05) is 48.0 Å².